The molecular formula is C11H16N2O. The Kier molecular flexibility index (Phi) is 2.68. The van der Waals surface area contributed by atoms with E-state index < -0.39 is 0 Å². The minimum atomic E-state index is 0.305. The van der Waals surface area contributed by atoms with Gasteiger partial charge in [0.15, 0.2) is 0 Å². The standard InChI is InChI=1S/C11H16N2O/c1-9-3-2-4-11(12-9)13-7-10(8-13)5-6-14/h2-4,10,14H,5-8H2,1H3. The molecule has 2 heterocycles. The lowest BCUT2D eigenvalue weighted by Gasteiger charge is -2.40. The first-order valence-electron chi connectivity index (χ1n) is 5.09. The average molecular weight is 192 g/mol. The van der Waals surface area contributed by atoms with Crippen LogP contribution in [0.5, 0.6) is 0 Å². The van der Waals surface area contributed by atoms with E-state index >= 15 is 0 Å². The second-order valence-electron chi connectivity index (χ2n) is 3.92. The summed E-state index contributed by atoms with van der Waals surface area (Å²) in [5.41, 5.74) is 1.06. The van der Waals surface area contributed by atoms with E-state index in [1.54, 1.807) is 0 Å². The molecule has 1 fully saturated rings. The van der Waals surface area contributed by atoms with Crippen molar-refractivity contribution in [2.24, 2.45) is 5.92 Å². The number of aryl methyl sites for hydroxylation is 1. The highest BCUT2D eigenvalue weighted by atomic mass is 16.3. The highest BCUT2D eigenvalue weighted by Gasteiger charge is 2.26. The number of aliphatic hydroxyl groups is 1. The van der Waals surface area contributed by atoms with Gasteiger partial charge < -0.3 is 10.0 Å². The third kappa shape index (κ3) is 1.87. The molecule has 0 amide bonds. The van der Waals surface area contributed by atoms with Crippen molar-refractivity contribution in [1.29, 1.82) is 0 Å². The van der Waals surface area contributed by atoms with Crippen molar-refractivity contribution in [2.45, 2.75) is 13.3 Å². The Labute approximate surface area is 84.4 Å². The number of aromatic nitrogens is 1. The van der Waals surface area contributed by atoms with Gasteiger partial charge in [0.25, 0.3) is 0 Å². The van der Waals surface area contributed by atoms with Gasteiger partial charge in [-0.05, 0) is 31.4 Å². The predicted molar refractivity (Wildman–Crippen MR) is 56.4 cm³/mol. The van der Waals surface area contributed by atoms with E-state index in [9.17, 15) is 0 Å². The van der Waals surface area contributed by atoms with Crippen LogP contribution in [0.2, 0.25) is 0 Å². The number of rotatable bonds is 3. The first kappa shape index (κ1) is 9.46. The molecule has 14 heavy (non-hydrogen) atoms. The molecule has 2 rings (SSSR count). The molecule has 0 unspecified atom stereocenters. The minimum Gasteiger partial charge on any atom is -0.396 e. The smallest absolute Gasteiger partial charge is 0.128 e. The fraction of sp³-hybridized carbons (Fsp3) is 0.545. The quantitative estimate of drug-likeness (QED) is 0.782. The molecule has 0 atom stereocenters. The fourth-order valence-corrected chi connectivity index (χ4v) is 1.83. The SMILES string of the molecule is Cc1cccc(N2CC(CCO)C2)n1. The minimum absolute atomic E-state index is 0.305. The molecule has 1 aromatic rings. The van der Waals surface area contributed by atoms with Crippen molar-refractivity contribution in [3.8, 4) is 0 Å². The van der Waals surface area contributed by atoms with Crippen molar-refractivity contribution < 1.29 is 5.11 Å². The highest BCUT2D eigenvalue weighted by Crippen LogP contribution is 2.24. The summed E-state index contributed by atoms with van der Waals surface area (Å²) in [6.45, 7) is 4.39. The first-order chi connectivity index (χ1) is 6.79. The number of pyridine rings is 1. The molecule has 0 spiro atoms. The normalized spacial score (nSPS) is 16.9. The van der Waals surface area contributed by atoms with Gasteiger partial charge in [0.05, 0.1) is 0 Å². The van der Waals surface area contributed by atoms with Gasteiger partial charge >= 0.3 is 0 Å². The van der Waals surface area contributed by atoms with Crippen LogP contribution in [0.4, 0.5) is 5.82 Å². The zero-order chi connectivity index (χ0) is 9.97. The van der Waals surface area contributed by atoms with E-state index in [-0.39, 0.29) is 0 Å². The molecule has 3 nitrogen and oxygen atoms in total. The van der Waals surface area contributed by atoms with Gasteiger partial charge in [0, 0.05) is 25.4 Å². The number of nitrogens with zero attached hydrogens (tertiary/aromatic N) is 2. The van der Waals surface area contributed by atoms with Crippen LogP contribution in [0.15, 0.2) is 18.2 Å². The molecule has 1 aromatic heterocycles. The van der Waals surface area contributed by atoms with Crippen LogP contribution in [-0.4, -0.2) is 29.8 Å². The Balaban J connectivity index is 1.93. The van der Waals surface area contributed by atoms with Crippen molar-refractivity contribution in [3.05, 3.63) is 23.9 Å². The summed E-state index contributed by atoms with van der Waals surface area (Å²) in [4.78, 5) is 6.71. The second kappa shape index (κ2) is 3.96. The monoisotopic (exact) mass is 192 g/mol. The Morgan fingerprint density at radius 3 is 2.93 bits per heavy atom. The average Bonchev–Trinajstić information content (AvgIpc) is 2.10. The van der Waals surface area contributed by atoms with E-state index in [0.717, 1.165) is 31.0 Å². The molecule has 1 saturated heterocycles. The fourth-order valence-electron chi connectivity index (χ4n) is 1.83. The van der Waals surface area contributed by atoms with Gasteiger partial charge in [-0.15, -0.1) is 0 Å². The Morgan fingerprint density at radius 2 is 2.29 bits per heavy atom. The molecule has 0 aromatic carbocycles. The topological polar surface area (TPSA) is 36.4 Å². The van der Waals surface area contributed by atoms with E-state index in [0.29, 0.717) is 12.5 Å². The molecule has 76 valence electrons. The summed E-state index contributed by atoms with van der Waals surface area (Å²) in [5, 5.41) is 8.77. The van der Waals surface area contributed by atoms with Crippen molar-refractivity contribution in [2.75, 3.05) is 24.6 Å². The van der Waals surface area contributed by atoms with Crippen molar-refractivity contribution in [1.82, 2.24) is 4.98 Å². The van der Waals surface area contributed by atoms with Crippen LogP contribution in [0.25, 0.3) is 0 Å². The number of hydrogen-bond acceptors (Lipinski definition) is 3. The summed E-state index contributed by atoms with van der Waals surface area (Å²) < 4.78 is 0. The van der Waals surface area contributed by atoms with Crippen molar-refractivity contribution in [3.63, 3.8) is 0 Å². The maximum Gasteiger partial charge on any atom is 0.128 e. The van der Waals surface area contributed by atoms with Crippen LogP contribution in [0.3, 0.4) is 0 Å². The summed E-state index contributed by atoms with van der Waals surface area (Å²) >= 11 is 0. The Morgan fingerprint density at radius 1 is 1.50 bits per heavy atom. The van der Waals surface area contributed by atoms with Gasteiger partial charge in [-0.2, -0.15) is 0 Å². The predicted octanol–water partition coefficient (Wildman–Crippen LogP) is 1.21. The number of aliphatic hydroxyl groups excluding tert-OH is 1. The lowest BCUT2D eigenvalue weighted by atomic mass is 9.97. The largest absolute Gasteiger partial charge is 0.396 e. The van der Waals surface area contributed by atoms with Gasteiger partial charge in [-0.25, -0.2) is 4.98 Å². The summed E-state index contributed by atoms with van der Waals surface area (Å²) in [5.74, 6) is 1.72. The van der Waals surface area contributed by atoms with E-state index in [2.05, 4.69) is 9.88 Å². The summed E-state index contributed by atoms with van der Waals surface area (Å²) in [7, 11) is 0. The summed E-state index contributed by atoms with van der Waals surface area (Å²) in [6, 6.07) is 6.09. The zero-order valence-corrected chi connectivity index (χ0v) is 8.48. The van der Waals surface area contributed by atoms with Crippen molar-refractivity contribution >= 4 is 5.82 Å². The molecule has 1 N–H and O–H groups in total. The van der Waals surface area contributed by atoms with Crippen LogP contribution < -0.4 is 4.90 Å². The third-order valence-corrected chi connectivity index (χ3v) is 2.69. The second-order valence-corrected chi connectivity index (χ2v) is 3.92. The van der Waals surface area contributed by atoms with Crippen LogP contribution in [-0.2, 0) is 0 Å². The van der Waals surface area contributed by atoms with E-state index in [4.69, 9.17) is 5.11 Å². The highest BCUT2D eigenvalue weighted by molar-refractivity contribution is 5.42. The van der Waals surface area contributed by atoms with Gasteiger partial charge in [-0.3, -0.25) is 0 Å². The van der Waals surface area contributed by atoms with Crippen LogP contribution in [0.1, 0.15) is 12.1 Å². The Hall–Kier alpha value is -1.09. The van der Waals surface area contributed by atoms with Crippen LogP contribution in [0, 0.1) is 12.8 Å². The van der Waals surface area contributed by atoms with Crippen LogP contribution >= 0.6 is 0 Å². The molecule has 1 aliphatic rings. The molecule has 0 radical (unpaired) electrons. The molecule has 0 saturated carbocycles. The van der Waals surface area contributed by atoms with E-state index in [1.807, 2.05) is 25.1 Å². The maximum absolute atomic E-state index is 8.77. The molecule has 3 heteroatoms. The first-order valence-corrected chi connectivity index (χ1v) is 5.09. The molecule has 1 aliphatic heterocycles. The molecular weight excluding hydrogens is 176 g/mol. The van der Waals surface area contributed by atoms with Gasteiger partial charge in [-0.1, -0.05) is 6.07 Å². The number of anilines is 1. The molecule has 0 aliphatic carbocycles. The molecule has 0 bridgehead atoms. The summed E-state index contributed by atoms with van der Waals surface area (Å²) in [6.07, 6.45) is 0.919. The zero-order valence-electron chi connectivity index (χ0n) is 8.48. The lowest BCUT2D eigenvalue weighted by Crippen LogP contribution is -2.47. The maximum atomic E-state index is 8.77. The van der Waals surface area contributed by atoms with Gasteiger partial charge in [0.1, 0.15) is 5.82 Å². The third-order valence-electron chi connectivity index (χ3n) is 2.69. The lowest BCUT2D eigenvalue weighted by molar-refractivity contribution is 0.238. The Bertz CT molecular complexity index is 308. The number of hydrogen-bond donors (Lipinski definition) is 1. The van der Waals surface area contributed by atoms with E-state index in [1.165, 1.54) is 0 Å². The van der Waals surface area contributed by atoms with Gasteiger partial charge in [0.2, 0.25) is 0 Å².